The number of nitro groups is 1. The van der Waals surface area contributed by atoms with Crippen LogP contribution in [0.2, 0.25) is 0 Å². The van der Waals surface area contributed by atoms with Gasteiger partial charge in [0.15, 0.2) is 0 Å². The Kier molecular flexibility index (Phi) is 6.36. The Balaban J connectivity index is 2.82. The zero-order valence-corrected chi connectivity index (χ0v) is 12.8. The minimum atomic E-state index is -0.489. The van der Waals surface area contributed by atoms with Gasteiger partial charge < -0.3 is 14.6 Å². The number of carbonyl (C=O) groups excluding carboxylic acids is 1. The van der Waals surface area contributed by atoms with Crippen molar-refractivity contribution < 1.29 is 14.8 Å². The predicted octanol–water partition coefficient (Wildman–Crippen LogP) is 2.21. The van der Waals surface area contributed by atoms with Crippen LogP contribution in [-0.2, 0) is 0 Å². The largest absolute Gasteiger partial charge is 0.396 e. The third-order valence-corrected chi connectivity index (χ3v) is 3.32. The maximum atomic E-state index is 12.4. The molecule has 1 N–H and O–H groups in total. The topological polar surface area (TPSA) is 88.6 Å². The Morgan fingerprint density at radius 2 is 2.10 bits per heavy atom. The van der Waals surface area contributed by atoms with E-state index in [2.05, 4.69) is 0 Å². The second kappa shape index (κ2) is 7.78. The Labute approximate surface area is 124 Å². The number of hydrogen-bond acceptors (Lipinski definition) is 4. The van der Waals surface area contributed by atoms with Gasteiger partial charge in [0.1, 0.15) is 5.69 Å². The fraction of sp³-hybridized carbons (Fsp3) is 0.643. The van der Waals surface area contributed by atoms with E-state index in [1.54, 1.807) is 16.5 Å². The average molecular weight is 297 g/mol. The van der Waals surface area contributed by atoms with Crippen molar-refractivity contribution in [3.05, 3.63) is 28.1 Å². The quantitative estimate of drug-likeness (QED) is 0.452. The van der Waals surface area contributed by atoms with E-state index in [4.69, 9.17) is 5.11 Å². The summed E-state index contributed by atoms with van der Waals surface area (Å²) in [5, 5.41) is 19.6. The first-order valence-corrected chi connectivity index (χ1v) is 7.11. The second-order valence-corrected chi connectivity index (χ2v) is 5.35. The number of rotatable bonds is 8. The van der Waals surface area contributed by atoms with E-state index in [9.17, 15) is 14.9 Å². The van der Waals surface area contributed by atoms with E-state index in [1.165, 1.54) is 12.3 Å². The van der Waals surface area contributed by atoms with Crippen LogP contribution < -0.4 is 0 Å². The van der Waals surface area contributed by atoms with Gasteiger partial charge in [-0.1, -0.05) is 0 Å². The molecule has 0 aliphatic rings. The number of aliphatic hydroxyl groups excluding tert-OH is 1. The third-order valence-electron chi connectivity index (χ3n) is 3.32. The average Bonchev–Trinajstić information content (AvgIpc) is 2.88. The number of unbranched alkanes of at least 4 members (excludes halogenated alkanes) is 2. The van der Waals surface area contributed by atoms with Crippen LogP contribution >= 0.6 is 0 Å². The maximum Gasteiger partial charge on any atom is 0.287 e. The molecule has 1 rings (SSSR count). The molecule has 1 aromatic rings. The lowest BCUT2D eigenvalue weighted by Crippen LogP contribution is -2.29. The highest BCUT2D eigenvalue weighted by atomic mass is 16.6. The minimum Gasteiger partial charge on any atom is -0.396 e. The molecule has 1 amide bonds. The number of carbonyl (C=O) groups is 1. The summed E-state index contributed by atoms with van der Waals surface area (Å²) in [5.41, 5.74) is 0.266. The molecule has 0 saturated carbocycles. The molecule has 7 heteroatoms. The molecule has 0 atom stereocenters. The van der Waals surface area contributed by atoms with E-state index in [1.807, 2.05) is 13.8 Å². The second-order valence-electron chi connectivity index (χ2n) is 5.35. The van der Waals surface area contributed by atoms with E-state index in [0.717, 1.165) is 19.3 Å². The lowest BCUT2D eigenvalue weighted by Gasteiger charge is -2.19. The molecule has 1 aromatic heterocycles. The first kappa shape index (κ1) is 17.2. The van der Waals surface area contributed by atoms with Crippen molar-refractivity contribution in [1.82, 2.24) is 9.47 Å². The summed E-state index contributed by atoms with van der Waals surface area (Å²) in [6.07, 6.45) is 3.76. The van der Waals surface area contributed by atoms with Gasteiger partial charge in [-0.25, -0.2) is 0 Å². The fourth-order valence-electron chi connectivity index (χ4n) is 2.10. The first-order chi connectivity index (χ1) is 9.88. The van der Waals surface area contributed by atoms with Crippen molar-refractivity contribution in [3.8, 4) is 0 Å². The first-order valence-electron chi connectivity index (χ1n) is 7.11. The van der Waals surface area contributed by atoms with Crippen LogP contribution in [0.4, 0.5) is 5.69 Å². The predicted molar refractivity (Wildman–Crippen MR) is 79.4 cm³/mol. The van der Waals surface area contributed by atoms with Crippen molar-refractivity contribution in [2.24, 2.45) is 0 Å². The molecular weight excluding hydrogens is 274 g/mol. The summed E-state index contributed by atoms with van der Waals surface area (Å²) in [4.78, 5) is 24.3. The van der Waals surface area contributed by atoms with Gasteiger partial charge in [-0.05, 0) is 33.1 Å². The van der Waals surface area contributed by atoms with Gasteiger partial charge in [-0.2, -0.15) is 0 Å². The van der Waals surface area contributed by atoms with Gasteiger partial charge in [0, 0.05) is 32.3 Å². The van der Waals surface area contributed by atoms with Gasteiger partial charge in [0.25, 0.3) is 11.6 Å². The molecule has 0 saturated heterocycles. The Morgan fingerprint density at radius 1 is 1.43 bits per heavy atom. The van der Waals surface area contributed by atoms with E-state index >= 15 is 0 Å². The summed E-state index contributed by atoms with van der Waals surface area (Å²) in [7, 11) is 1.69. The fourth-order valence-corrected chi connectivity index (χ4v) is 2.10. The van der Waals surface area contributed by atoms with E-state index in [-0.39, 0.29) is 24.2 Å². The maximum absolute atomic E-state index is 12.4. The standard InChI is InChI=1S/C14H23N3O4/c1-11(2)16-10-12(17(20)21)9-13(16)14(19)15(3)7-5-4-6-8-18/h9-11,18H,4-8H2,1-3H3. The zero-order valence-electron chi connectivity index (χ0n) is 12.8. The number of aromatic nitrogens is 1. The molecule has 1 heterocycles. The van der Waals surface area contributed by atoms with Crippen molar-refractivity contribution in [3.63, 3.8) is 0 Å². The molecule has 7 nitrogen and oxygen atoms in total. The highest BCUT2D eigenvalue weighted by Gasteiger charge is 2.22. The van der Waals surface area contributed by atoms with Crippen LogP contribution in [0.3, 0.4) is 0 Å². The molecule has 0 bridgehead atoms. The van der Waals surface area contributed by atoms with Crippen LogP contribution in [0.25, 0.3) is 0 Å². The van der Waals surface area contributed by atoms with Crippen LogP contribution in [-0.4, -0.2) is 45.6 Å². The molecule has 0 fully saturated rings. The van der Waals surface area contributed by atoms with E-state index in [0.29, 0.717) is 12.2 Å². The molecule has 0 unspecified atom stereocenters. The zero-order chi connectivity index (χ0) is 16.0. The van der Waals surface area contributed by atoms with Crippen LogP contribution in [0.1, 0.15) is 49.6 Å². The monoisotopic (exact) mass is 297 g/mol. The van der Waals surface area contributed by atoms with Crippen molar-refractivity contribution in [2.75, 3.05) is 20.2 Å². The van der Waals surface area contributed by atoms with E-state index < -0.39 is 4.92 Å². The summed E-state index contributed by atoms with van der Waals surface area (Å²) in [6, 6.07) is 1.30. The molecule has 21 heavy (non-hydrogen) atoms. The molecular formula is C14H23N3O4. The molecule has 118 valence electrons. The van der Waals surface area contributed by atoms with Gasteiger partial charge in [0.05, 0.1) is 11.1 Å². The van der Waals surface area contributed by atoms with Gasteiger partial charge in [-0.3, -0.25) is 14.9 Å². The lowest BCUT2D eigenvalue weighted by molar-refractivity contribution is -0.384. The van der Waals surface area contributed by atoms with Crippen LogP contribution in [0.15, 0.2) is 12.3 Å². The summed E-state index contributed by atoms with van der Waals surface area (Å²) < 4.78 is 1.63. The number of aliphatic hydroxyl groups is 1. The normalized spacial score (nSPS) is 10.9. The SMILES string of the molecule is CC(C)n1cc([N+](=O)[O-])cc1C(=O)N(C)CCCCCO. The van der Waals surface area contributed by atoms with Gasteiger partial charge in [0.2, 0.25) is 0 Å². The highest BCUT2D eigenvalue weighted by Crippen LogP contribution is 2.21. The smallest absolute Gasteiger partial charge is 0.287 e. The third kappa shape index (κ3) is 4.56. The molecule has 0 spiro atoms. The molecule has 0 aromatic carbocycles. The number of hydrogen-bond donors (Lipinski definition) is 1. The molecule has 0 aliphatic carbocycles. The lowest BCUT2D eigenvalue weighted by atomic mass is 10.2. The number of amides is 1. The van der Waals surface area contributed by atoms with Crippen molar-refractivity contribution in [1.29, 1.82) is 0 Å². The Bertz CT molecular complexity index is 496. The van der Waals surface area contributed by atoms with Crippen LogP contribution in [0.5, 0.6) is 0 Å². The summed E-state index contributed by atoms with van der Waals surface area (Å²) in [5.74, 6) is -0.221. The van der Waals surface area contributed by atoms with Crippen LogP contribution in [0, 0.1) is 10.1 Å². The molecule has 0 radical (unpaired) electrons. The van der Waals surface area contributed by atoms with Gasteiger partial charge in [-0.15, -0.1) is 0 Å². The molecule has 0 aliphatic heterocycles. The Hall–Kier alpha value is -1.89. The number of nitrogens with zero attached hydrogens (tertiary/aromatic N) is 3. The summed E-state index contributed by atoms with van der Waals surface area (Å²) in [6.45, 7) is 4.47. The van der Waals surface area contributed by atoms with Crippen molar-refractivity contribution >= 4 is 11.6 Å². The Morgan fingerprint density at radius 3 is 2.62 bits per heavy atom. The van der Waals surface area contributed by atoms with Gasteiger partial charge >= 0.3 is 0 Å². The highest BCUT2D eigenvalue weighted by molar-refractivity contribution is 5.93. The van der Waals surface area contributed by atoms with Crippen molar-refractivity contribution in [2.45, 2.75) is 39.2 Å². The summed E-state index contributed by atoms with van der Waals surface area (Å²) >= 11 is 0. The minimum absolute atomic E-state index is 0.0274.